The first-order valence-electron chi connectivity index (χ1n) is 9.86. The van der Waals surface area contributed by atoms with E-state index in [2.05, 4.69) is 19.9 Å². The first kappa shape index (κ1) is 15.7. The van der Waals surface area contributed by atoms with Crippen molar-refractivity contribution in [2.24, 2.45) is 29.1 Å². The van der Waals surface area contributed by atoms with Crippen LogP contribution in [0.5, 0.6) is 0 Å². The van der Waals surface area contributed by atoms with Crippen LogP contribution in [0.4, 0.5) is 0 Å². The van der Waals surface area contributed by atoms with Crippen molar-refractivity contribution in [1.82, 2.24) is 0 Å². The molecule has 0 heterocycles. The average Bonchev–Trinajstić information content (AvgIpc) is 2.88. The zero-order valence-electron chi connectivity index (χ0n) is 14.7. The van der Waals surface area contributed by atoms with Crippen LogP contribution < -0.4 is 0 Å². The van der Waals surface area contributed by atoms with E-state index in [0.717, 1.165) is 50.4 Å². The van der Waals surface area contributed by atoms with Gasteiger partial charge in [-0.15, -0.1) is 0 Å². The minimum Gasteiger partial charge on any atom is -0.512 e. The summed E-state index contributed by atoms with van der Waals surface area (Å²) in [6, 6.07) is 0. The van der Waals surface area contributed by atoms with Gasteiger partial charge in [-0.3, -0.25) is 0 Å². The molecule has 2 fully saturated rings. The summed E-state index contributed by atoms with van der Waals surface area (Å²) in [6.07, 6.45) is 14.3. The van der Waals surface area contributed by atoms with Crippen molar-refractivity contribution >= 4 is 0 Å². The van der Waals surface area contributed by atoms with E-state index >= 15 is 0 Å². The van der Waals surface area contributed by atoms with E-state index in [1.165, 1.54) is 24.8 Å². The van der Waals surface area contributed by atoms with Crippen molar-refractivity contribution in [3.05, 3.63) is 23.5 Å². The van der Waals surface area contributed by atoms with E-state index in [-0.39, 0.29) is 5.41 Å². The summed E-state index contributed by atoms with van der Waals surface area (Å²) in [5.74, 6) is 3.48. The average molecular weight is 316 g/mol. The Kier molecular flexibility index (Phi) is 3.68. The molecular formula is C21H32O2. The molecule has 0 spiro atoms. The molecule has 0 aromatic heterocycles. The molecule has 4 aliphatic carbocycles. The summed E-state index contributed by atoms with van der Waals surface area (Å²) in [7, 11) is 0. The van der Waals surface area contributed by atoms with Crippen LogP contribution in [0.15, 0.2) is 23.5 Å². The third-order valence-corrected chi connectivity index (χ3v) is 8.33. The Morgan fingerprint density at radius 2 is 1.91 bits per heavy atom. The summed E-state index contributed by atoms with van der Waals surface area (Å²) < 4.78 is 0. The van der Waals surface area contributed by atoms with Gasteiger partial charge in [0.2, 0.25) is 0 Å². The molecule has 2 saturated carbocycles. The highest BCUT2D eigenvalue weighted by Gasteiger charge is 2.62. The van der Waals surface area contributed by atoms with Crippen LogP contribution in [-0.4, -0.2) is 15.8 Å². The molecule has 4 rings (SSSR count). The van der Waals surface area contributed by atoms with Gasteiger partial charge in [-0.2, -0.15) is 0 Å². The highest BCUT2D eigenvalue weighted by molar-refractivity contribution is 5.31. The van der Waals surface area contributed by atoms with Crippen LogP contribution in [-0.2, 0) is 0 Å². The predicted octanol–water partition coefficient (Wildman–Crippen LogP) is 5.14. The molecule has 2 N–H and O–H groups in total. The predicted molar refractivity (Wildman–Crippen MR) is 93.0 cm³/mol. The Morgan fingerprint density at radius 3 is 2.65 bits per heavy atom. The third kappa shape index (κ3) is 2.03. The molecule has 4 aliphatic rings. The molecule has 6 atom stereocenters. The maximum absolute atomic E-state index is 11.3. The van der Waals surface area contributed by atoms with Crippen LogP contribution in [0, 0.1) is 29.1 Å². The van der Waals surface area contributed by atoms with Crippen LogP contribution in [0.1, 0.15) is 71.6 Å². The fourth-order valence-electron chi connectivity index (χ4n) is 7.16. The highest BCUT2D eigenvalue weighted by atomic mass is 16.3. The van der Waals surface area contributed by atoms with E-state index in [0.29, 0.717) is 17.6 Å². The molecule has 0 aromatic rings. The summed E-state index contributed by atoms with van der Waals surface area (Å²) in [4.78, 5) is 0. The Bertz CT molecular complexity index is 548. The molecule has 2 nitrogen and oxygen atoms in total. The van der Waals surface area contributed by atoms with Gasteiger partial charge in [-0.25, -0.2) is 0 Å². The van der Waals surface area contributed by atoms with Crippen molar-refractivity contribution in [1.29, 1.82) is 0 Å². The Labute approximate surface area is 140 Å². The monoisotopic (exact) mass is 316 g/mol. The van der Waals surface area contributed by atoms with Crippen molar-refractivity contribution in [2.45, 2.75) is 77.2 Å². The maximum Gasteiger partial charge on any atom is 0.0925 e. The van der Waals surface area contributed by atoms with E-state index in [1.54, 1.807) is 0 Å². The topological polar surface area (TPSA) is 40.5 Å². The summed E-state index contributed by atoms with van der Waals surface area (Å²) in [5, 5.41) is 21.2. The minimum atomic E-state index is -0.424. The molecule has 0 aliphatic heterocycles. The minimum absolute atomic E-state index is 0.168. The molecular weight excluding hydrogens is 284 g/mol. The van der Waals surface area contributed by atoms with Gasteiger partial charge in [0.05, 0.1) is 11.4 Å². The number of aliphatic hydroxyl groups is 2. The summed E-state index contributed by atoms with van der Waals surface area (Å²) in [5.41, 5.74) is 1.15. The second-order valence-corrected chi connectivity index (χ2v) is 8.63. The lowest BCUT2D eigenvalue weighted by Crippen LogP contribution is -2.53. The standard InChI is InChI=1S/C21H32O2/c1-3-20-11-9-17-16-8-6-15(22)13-14(16)5-7-18(17)19(20)10-12-21(20,23)4-2/h5,13,16-19,22-23H,3-4,6-12H2,1-2H3/t16-,17+,18+,19-,20?,21-/m0/s1. The van der Waals surface area contributed by atoms with Gasteiger partial charge in [0.25, 0.3) is 0 Å². The number of aliphatic hydroxyl groups excluding tert-OH is 1. The molecule has 0 aromatic carbocycles. The number of allylic oxidation sites excluding steroid dienone is 4. The van der Waals surface area contributed by atoms with Crippen LogP contribution in [0.2, 0.25) is 0 Å². The van der Waals surface area contributed by atoms with Gasteiger partial charge in [0, 0.05) is 11.8 Å². The van der Waals surface area contributed by atoms with Crippen LogP contribution in [0.3, 0.4) is 0 Å². The number of hydrogen-bond acceptors (Lipinski definition) is 2. The molecule has 0 bridgehead atoms. The lowest BCUT2D eigenvalue weighted by Gasteiger charge is -2.56. The summed E-state index contributed by atoms with van der Waals surface area (Å²) in [6.45, 7) is 4.49. The Hall–Kier alpha value is -0.760. The second-order valence-electron chi connectivity index (χ2n) is 8.63. The van der Waals surface area contributed by atoms with Crippen molar-refractivity contribution < 1.29 is 10.2 Å². The molecule has 1 unspecified atom stereocenters. The fourth-order valence-corrected chi connectivity index (χ4v) is 7.16. The largest absolute Gasteiger partial charge is 0.512 e. The summed E-state index contributed by atoms with van der Waals surface area (Å²) >= 11 is 0. The van der Waals surface area contributed by atoms with E-state index in [4.69, 9.17) is 0 Å². The lowest BCUT2D eigenvalue weighted by molar-refractivity contribution is -0.128. The van der Waals surface area contributed by atoms with Gasteiger partial charge >= 0.3 is 0 Å². The van der Waals surface area contributed by atoms with E-state index in [9.17, 15) is 10.2 Å². The number of fused-ring (bicyclic) bond motifs is 5. The molecule has 128 valence electrons. The Balaban J connectivity index is 1.68. The van der Waals surface area contributed by atoms with Crippen molar-refractivity contribution in [3.8, 4) is 0 Å². The van der Waals surface area contributed by atoms with Crippen LogP contribution >= 0.6 is 0 Å². The molecule has 0 radical (unpaired) electrons. The second kappa shape index (κ2) is 5.37. The Morgan fingerprint density at radius 1 is 1.09 bits per heavy atom. The maximum atomic E-state index is 11.3. The van der Waals surface area contributed by atoms with E-state index in [1.807, 2.05) is 6.08 Å². The van der Waals surface area contributed by atoms with Crippen molar-refractivity contribution in [3.63, 3.8) is 0 Å². The van der Waals surface area contributed by atoms with Gasteiger partial charge in [0.15, 0.2) is 0 Å². The zero-order valence-corrected chi connectivity index (χ0v) is 14.7. The third-order valence-electron chi connectivity index (χ3n) is 8.33. The molecule has 0 amide bonds. The number of rotatable bonds is 2. The SMILES string of the molecule is CCC12CC[C@H]3[C@@H](CC=C4C=C(O)CC[C@@H]43)[C@@H]1CC[C@@]2(O)CC. The van der Waals surface area contributed by atoms with E-state index < -0.39 is 5.60 Å². The first-order chi connectivity index (χ1) is 11.0. The van der Waals surface area contributed by atoms with Gasteiger partial charge in [0.1, 0.15) is 0 Å². The number of hydrogen-bond donors (Lipinski definition) is 2. The fraction of sp³-hybridized carbons (Fsp3) is 0.810. The normalized spacial score (nSPS) is 48.8. The molecule has 23 heavy (non-hydrogen) atoms. The molecule has 0 saturated heterocycles. The smallest absolute Gasteiger partial charge is 0.0925 e. The highest BCUT2D eigenvalue weighted by Crippen LogP contribution is 2.66. The van der Waals surface area contributed by atoms with Crippen molar-refractivity contribution in [2.75, 3.05) is 0 Å². The van der Waals surface area contributed by atoms with Crippen LogP contribution in [0.25, 0.3) is 0 Å². The zero-order chi connectivity index (χ0) is 16.2. The van der Waals surface area contributed by atoms with Gasteiger partial charge < -0.3 is 10.2 Å². The first-order valence-corrected chi connectivity index (χ1v) is 9.86. The van der Waals surface area contributed by atoms with Gasteiger partial charge in [-0.1, -0.05) is 19.9 Å². The lowest BCUT2D eigenvalue weighted by atomic mass is 9.50. The van der Waals surface area contributed by atoms with Gasteiger partial charge in [-0.05, 0) is 86.7 Å². The quantitative estimate of drug-likeness (QED) is 0.740. The molecule has 2 heteroatoms.